The Morgan fingerprint density at radius 3 is 2.36 bits per heavy atom. The second-order valence-corrected chi connectivity index (χ2v) is 4.83. The van der Waals surface area contributed by atoms with Crippen LogP contribution >= 0.6 is 0 Å². The molecule has 3 rings (SSSR count). The molecule has 0 aliphatic carbocycles. The molecule has 0 unspecified atom stereocenters. The van der Waals surface area contributed by atoms with Crippen molar-refractivity contribution in [1.82, 2.24) is 0 Å². The lowest BCUT2D eigenvalue weighted by Crippen LogP contribution is -2.03. The predicted octanol–water partition coefficient (Wildman–Crippen LogP) is 2.90. The molecule has 22 heavy (non-hydrogen) atoms. The first-order chi connectivity index (χ1) is 10.6. The van der Waals surface area contributed by atoms with Crippen molar-refractivity contribution in [2.75, 3.05) is 19.5 Å². The first-order valence-electron chi connectivity index (χ1n) is 6.71. The number of hydrogen-bond acceptors (Lipinski definition) is 4. The van der Waals surface area contributed by atoms with Gasteiger partial charge in [0.1, 0.15) is 0 Å². The van der Waals surface area contributed by atoms with E-state index >= 15 is 0 Å². The number of hydrogen-bond donors (Lipinski definition) is 2. The number of aromatic hydroxyl groups is 1. The van der Waals surface area contributed by atoms with E-state index in [0.29, 0.717) is 11.1 Å². The minimum absolute atomic E-state index is 0.0663. The van der Waals surface area contributed by atoms with E-state index in [0.717, 1.165) is 11.3 Å². The summed E-state index contributed by atoms with van der Waals surface area (Å²) in [5.41, 5.74) is 2.90. The van der Waals surface area contributed by atoms with Gasteiger partial charge in [0.15, 0.2) is 11.5 Å². The number of anilines is 1. The van der Waals surface area contributed by atoms with Crippen LogP contribution in [0.2, 0.25) is 0 Å². The molecule has 112 valence electrons. The van der Waals surface area contributed by atoms with Gasteiger partial charge in [0.05, 0.1) is 14.2 Å². The van der Waals surface area contributed by atoms with E-state index in [9.17, 15) is 9.90 Å². The number of fused-ring (bicyclic) bond motifs is 1. The Balaban J connectivity index is 2.11. The molecule has 5 heteroatoms. The zero-order chi connectivity index (χ0) is 15.7. The lowest BCUT2D eigenvalue weighted by atomic mass is 10.0. The molecule has 2 N–H and O–H groups in total. The van der Waals surface area contributed by atoms with Gasteiger partial charge in [-0.2, -0.15) is 0 Å². The van der Waals surface area contributed by atoms with Crippen LogP contribution in [0.4, 0.5) is 5.69 Å². The van der Waals surface area contributed by atoms with E-state index in [2.05, 4.69) is 5.32 Å². The molecule has 0 atom stereocenters. The Bertz CT molecular complexity index is 755. The summed E-state index contributed by atoms with van der Waals surface area (Å²) < 4.78 is 10.3. The highest BCUT2D eigenvalue weighted by Gasteiger charge is 2.23. The third-order valence-electron chi connectivity index (χ3n) is 3.52. The Labute approximate surface area is 127 Å². The maximum atomic E-state index is 12.1. The standard InChI is InChI=1S/C17H15NO4/c1-21-14-8-10(9-15(22-2)16(14)19)7-12-11-5-3-4-6-13(11)18-17(12)20/h3-9,19H,1-2H3,(H,18,20)/b12-7+. The number of nitrogens with one attached hydrogen (secondary N) is 1. The average Bonchev–Trinajstić information content (AvgIpc) is 2.84. The molecule has 2 aromatic carbocycles. The zero-order valence-electron chi connectivity index (χ0n) is 12.2. The Kier molecular flexibility index (Phi) is 3.47. The summed E-state index contributed by atoms with van der Waals surface area (Å²) in [5, 5.41) is 12.8. The first kappa shape index (κ1) is 14.0. The molecule has 0 aromatic heterocycles. The van der Waals surface area contributed by atoms with E-state index < -0.39 is 0 Å². The van der Waals surface area contributed by atoms with E-state index in [-0.39, 0.29) is 23.2 Å². The largest absolute Gasteiger partial charge is 0.502 e. The van der Waals surface area contributed by atoms with Crippen LogP contribution < -0.4 is 14.8 Å². The number of phenols is 1. The molecule has 1 amide bonds. The highest BCUT2D eigenvalue weighted by Crippen LogP contribution is 2.39. The van der Waals surface area contributed by atoms with E-state index in [1.165, 1.54) is 14.2 Å². The van der Waals surface area contributed by atoms with Gasteiger partial charge in [-0.05, 0) is 29.8 Å². The lowest BCUT2D eigenvalue weighted by Gasteiger charge is -2.09. The quantitative estimate of drug-likeness (QED) is 0.855. The number of phenolic OH excluding ortho intramolecular Hbond substituents is 1. The van der Waals surface area contributed by atoms with Gasteiger partial charge >= 0.3 is 0 Å². The smallest absolute Gasteiger partial charge is 0.256 e. The number of ether oxygens (including phenoxy) is 2. The van der Waals surface area contributed by atoms with Crippen molar-refractivity contribution >= 4 is 23.2 Å². The number of rotatable bonds is 3. The third-order valence-corrected chi connectivity index (χ3v) is 3.52. The van der Waals surface area contributed by atoms with Crippen LogP contribution in [-0.2, 0) is 4.79 Å². The Morgan fingerprint density at radius 1 is 1.09 bits per heavy atom. The molecule has 0 radical (unpaired) electrons. The van der Waals surface area contributed by atoms with Crippen molar-refractivity contribution in [2.24, 2.45) is 0 Å². The highest BCUT2D eigenvalue weighted by molar-refractivity contribution is 6.34. The van der Waals surface area contributed by atoms with E-state index in [1.807, 2.05) is 24.3 Å². The average molecular weight is 297 g/mol. The lowest BCUT2D eigenvalue weighted by molar-refractivity contribution is -0.110. The van der Waals surface area contributed by atoms with Crippen LogP contribution in [0.1, 0.15) is 11.1 Å². The molecule has 0 spiro atoms. The monoisotopic (exact) mass is 297 g/mol. The topological polar surface area (TPSA) is 67.8 Å². The molecule has 0 bridgehead atoms. The molecular weight excluding hydrogens is 282 g/mol. The van der Waals surface area contributed by atoms with Crippen LogP contribution in [0.5, 0.6) is 17.2 Å². The fraction of sp³-hybridized carbons (Fsp3) is 0.118. The second kappa shape index (κ2) is 5.44. The molecule has 0 saturated carbocycles. The Hall–Kier alpha value is -2.95. The maximum Gasteiger partial charge on any atom is 0.256 e. The highest BCUT2D eigenvalue weighted by atomic mass is 16.5. The summed E-state index contributed by atoms with van der Waals surface area (Å²) in [6.07, 6.45) is 1.74. The van der Waals surface area contributed by atoms with Gasteiger partial charge in [0, 0.05) is 16.8 Å². The second-order valence-electron chi connectivity index (χ2n) is 4.83. The molecule has 2 aromatic rings. The molecule has 1 aliphatic rings. The van der Waals surface area contributed by atoms with Crippen LogP contribution in [0.15, 0.2) is 36.4 Å². The van der Waals surface area contributed by atoms with Crippen molar-refractivity contribution in [3.63, 3.8) is 0 Å². The molecule has 1 heterocycles. The normalized spacial score (nSPS) is 14.6. The van der Waals surface area contributed by atoms with Crippen LogP contribution in [0.25, 0.3) is 11.6 Å². The summed E-state index contributed by atoms with van der Waals surface area (Å²) in [6, 6.07) is 10.8. The zero-order valence-corrected chi connectivity index (χ0v) is 12.2. The van der Waals surface area contributed by atoms with Crippen molar-refractivity contribution in [3.05, 3.63) is 47.5 Å². The number of amides is 1. The summed E-state index contributed by atoms with van der Waals surface area (Å²) in [4.78, 5) is 12.1. The van der Waals surface area contributed by atoms with Crippen molar-refractivity contribution in [1.29, 1.82) is 0 Å². The van der Waals surface area contributed by atoms with E-state index in [4.69, 9.17) is 9.47 Å². The third kappa shape index (κ3) is 2.26. The number of para-hydroxylation sites is 1. The van der Waals surface area contributed by atoms with Gasteiger partial charge in [-0.3, -0.25) is 4.79 Å². The fourth-order valence-electron chi connectivity index (χ4n) is 2.45. The predicted molar refractivity (Wildman–Crippen MR) is 84.2 cm³/mol. The molecular formula is C17H15NO4. The molecule has 0 fully saturated rings. The number of carbonyl (C=O) groups is 1. The summed E-state index contributed by atoms with van der Waals surface area (Å²) >= 11 is 0. The minimum Gasteiger partial charge on any atom is -0.502 e. The van der Waals surface area contributed by atoms with Crippen LogP contribution in [0, 0.1) is 0 Å². The minimum atomic E-state index is -0.160. The number of carbonyl (C=O) groups excluding carboxylic acids is 1. The van der Waals surface area contributed by atoms with Gasteiger partial charge in [-0.15, -0.1) is 0 Å². The summed E-state index contributed by atoms with van der Waals surface area (Å²) in [6.45, 7) is 0. The Morgan fingerprint density at radius 2 is 1.73 bits per heavy atom. The summed E-state index contributed by atoms with van der Waals surface area (Å²) in [7, 11) is 2.92. The van der Waals surface area contributed by atoms with Crippen molar-refractivity contribution in [2.45, 2.75) is 0 Å². The SMILES string of the molecule is COc1cc(/C=C2/C(=O)Nc3ccccc32)cc(OC)c1O. The van der Waals surface area contributed by atoms with Gasteiger partial charge < -0.3 is 19.9 Å². The van der Waals surface area contributed by atoms with Gasteiger partial charge in [0.25, 0.3) is 5.91 Å². The van der Waals surface area contributed by atoms with Crippen molar-refractivity contribution < 1.29 is 19.4 Å². The number of methoxy groups -OCH3 is 2. The van der Waals surface area contributed by atoms with Crippen molar-refractivity contribution in [3.8, 4) is 17.2 Å². The van der Waals surface area contributed by atoms with E-state index in [1.54, 1.807) is 18.2 Å². The van der Waals surface area contributed by atoms with Gasteiger partial charge in [0.2, 0.25) is 5.75 Å². The first-order valence-corrected chi connectivity index (χ1v) is 6.71. The van der Waals surface area contributed by atoms with Crippen LogP contribution in [-0.4, -0.2) is 25.2 Å². The number of benzene rings is 2. The van der Waals surface area contributed by atoms with Gasteiger partial charge in [-0.25, -0.2) is 0 Å². The fourth-order valence-corrected chi connectivity index (χ4v) is 2.45. The maximum absolute atomic E-state index is 12.1. The molecule has 1 aliphatic heterocycles. The van der Waals surface area contributed by atoms with Gasteiger partial charge in [-0.1, -0.05) is 18.2 Å². The molecule has 5 nitrogen and oxygen atoms in total. The van der Waals surface area contributed by atoms with Crippen LogP contribution in [0.3, 0.4) is 0 Å². The molecule has 0 saturated heterocycles. The summed E-state index contributed by atoms with van der Waals surface area (Å²) in [5.74, 6) is 0.353.